The van der Waals surface area contributed by atoms with Crippen molar-refractivity contribution < 1.29 is 22.6 Å². The van der Waals surface area contributed by atoms with E-state index < -0.39 is 9.05 Å². The Hall–Kier alpha value is -0.670. The smallest absolute Gasteiger partial charge is 0.280 e. The summed E-state index contributed by atoms with van der Waals surface area (Å²) in [4.78, 5) is 3.88. The molecular formula is C11H19ClN2O5S. The molecule has 0 bridgehead atoms. The van der Waals surface area contributed by atoms with Crippen molar-refractivity contribution in [3.05, 3.63) is 12.0 Å². The predicted octanol–water partition coefficient (Wildman–Crippen LogP) is 0.799. The zero-order valence-electron chi connectivity index (χ0n) is 11.5. The molecule has 0 saturated carbocycles. The fourth-order valence-electron chi connectivity index (χ4n) is 1.45. The summed E-state index contributed by atoms with van der Waals surface area (Å²) < 4.78 is 39.4. The van der Waals surface area contributed by atoms with Crippen LogP contribution in [0.3, 0.4) is 0 Å². The van der Waals surface area contributed by atoms with Crippen LogP contribution in [-0.2, 0) is 29.8 Å². The Balaban J connectivity index is 2.24. The molecule has 116 valence electrons. The van der Waals surface area contributed by atoms with E-state index >= 15 is 0 Å². The van der Waals surface area contributed by atoms with Crippen molar-refractivity contribution in [2.45, 2.75) is 18.5 Å². The van der Waals surface area contributed by atoms with Crippen molar-refractivity contribution in [1.82, 2.24) is 9.55 Å². The number of nitrogens with zero attached hydrogens (tertiary/aromatic N) is 2. The number of aromatic nitrogens is 2. The van der Waals surface area contributed by atoms with Crippen molar-refractivity contribution in [3.63, 3.8) is 0 Å². The zero-order valence-corrected chi connectivity index (χ0v) is 13.1. The van der Waals surface area contributed by atoms with Crippen LogP contribution in [0.2, 0.25) is 0 Å². The molecule has 1 aromatic rings. The van der Waals surface area contributed by atoms with E-state index in [-0.39, 0.29) is 5.03 Å². The Labute approximate surface area is 123 Å². The van der Waals surface area contributed by atoms with E-state index in [1.54, 1.807) is 18.6 Å². The quantitative estimate of drug-likeness (QED) is 0.467. The lowest BCUT2D eigenvalue weighted by Crippen LogP contribution is -2.12. The van der Waals surface area contributed by atoms with Crippen LogP contribution in [0.5, 0.6) is 0 Å². The Morgan fingerprint density at radius 2 is 1.80 bits per heavy atom. The monoisotopic (exact) mass is 326 g/mol. The predicted molar refractivity (Wildman–Crippen MR) is 73.5 cm³/mol. The largest absolute Gasteiger partial charge is 0.382 e. The van der Waals surface area contributed by atoms with E-state index in [1.807, 2.05) is 0 Å². The molecule has 0 saturated heterocycles. The van der Waals surface area contributed by atoms with Gasteiger partial charge in [0.15, 0.2) is 5.03 Å². The number of imidazole rings is 1. The molecule has 0 N–H and O–H groups in total. The van der Waals surface area contributed by atoms with Gasteiger partial charge in [0.1, 0.15) is 5.82 Å². The SMILES string of the molecule is COCCOCCOCCn1cc(S(=O)(=O)Cl)nc1C. The first-order chi connectivity index (χ1) is 9.45. The standard InChI is InChI=1S/C11H19ClN2O5S/c1-10-13-11(20(12,15)16)9-14(10)3-4-18-7-8-19-6-5-17-2/h9H,3-8H2,1-2H3. The van der Waals surface area contributed by atoms with Gasteiger partial charge in [0, 0.05) is 30.5 Å². The van der Waals surface area contributed by atoms with Crippen LogP contribution in [0, 0.1) is 6.92 Å². The lowest BCUT2D eigenvalue weighted by molar-refractivity contribution is 0.0229. The number of hydrogen-bond acceptors (Lipinski definition) is 6. The molecule has 0 atom stereocenters. The Morgan fingerprint density at radius 3 is 2.35 bits per heavy atom. The van der Waals surface area contributed by atoms with Gasteiger partial charge in [-0.3, -0.25) is 0 Å². The highest BCUT2D eigenvalue weighted by molar-refractivity contribution is 8.13. The van der Waals surface area contributed by atoms with Crippen molar-refractivity contribution in [1.29, 1.82) is 0 Å². The van der Waals surface area contributed by atoms with Gasteiger partial charge in [-0.2, -0.15) is 0 Å². The first-order valence-electron chi connectivity index (χ1n) is 6.08. The molecule has 0 aromatic carbocycles. The molecule has 1 rings (SSSR count). The van der Waals surface area contributed by atoms with E-state index in [1.165, 1.54) is 6.20 Å². The van der Waals surface area contributed by atoms with Gasteiger partial charge in [0.05, 0.1) is 33.0 Å². The second kappa shape index (κ2) is 8.58. The van der Waals surface area contributed by atoms with Crippen molar-refractivity contribution in [3.8, 4) is 0 Å². The summed E-state index contributed by atoms with van der Waals surface area (Å²) in [7, 11) is 3.06. The maximum Gasteiger partial charge on any atom is 0.280 e. The van der Waals surface area contributed by atoms with Crippen LogP contribution in [0.15, 0.2) is 11.2 Å². The van der Waals surface area contributed by atoms with Gasteiger partial charge in [0.2, 0.25) is 0 Å². The molecule has 9 heteroatoms. The molecular weight excluding hydrogens is 308 g/mol. The maximum atomic E-state index is 11.1. The third kappa shape index (κ3) is 6.19. The normalized spacial score (nSPS) is 11.9. The fourth-order valence-corrected chi connectivity index (χ4v) is 2.17. The molecule has 20 heavy (non-hydrogen) atoms. The first kappa shape index (κ1) is 17.4. The Kier molecular flexibility index (Phi) is 7.46. The lowest BCUT2D eigenvalue weighted by atomic mass is 10.6. The molecule has 0 fully saturated rings. The van der Waals surface area contributed by atoms with E-state index in [2.05, 4.69) is 4.98 Å². The number of rotatable bonds is 10. The van der Waals surface area contributed by atoms with Gasteiger partial charge >= 0.3 is 0 Å². The van der Waals surface area contributed by atoms with E-state index in [0.717, 1.165) is 0 Å². The number of methoxy groups -OCH3 is 1. The van der Waals surface area contributed by atoms with Gasteiger partial charge in [-0.25, -0.2) is 13.4 Å². The minimum absolute atomic E-state index is 0.139. The average molecular weight is 327 g/mol. The third-order valence-electron chi connectivity index (χ3n) is 2.48. The number of ether oxygens (including phenoxy) is 3. The molecule has 1 heterocycles. The van der Waals surface area contributed by atoms with Crippen LogP contribution in [0.4, 0.5) is 0 Å². The van der Waals surface area contributed by atoms with Crippen molar-refractivity contribution >= 4 is 19.7 Å². The molecule has 0 amide bonds. The van der Waals surface area contributed by atoms with Gasteiger partial charge in [-0.15, -0.1) is 0 Å². The highest BCUT2D eigenvalue weighted by atomic mass is 35.7. The molecule has 1 aromatic heterocycles. The second-order valence-corrected chi connectivity index (χ2v) is 6.49. The van der Waals surface area contributed by atoms with Gasteiger partial charge in [-0.1, -0.05) is 0 Å². The molecule has 0 aliphatic carbocycles. The summed E-state index contributed by atoms with van der Waals surface area (Å²) in [6.45, 7) is 4.71. The number of aryl methyl sites for hydroxylation is 1. The third-order valence-corrected chi connectivity index (χ3v) is 3.65. The highest BCUT2D eigenvalue weighted by Gasteiger charge is 2.15. The Bertz CT molecular complexity index is 503. The van der Waals surface area contributed by atoms with Gasteiger partial charge in [-0.05, 0) is 6.92 Å². The van der Waals surface area contributed by atoms with Crippen molar-refractivity contribution in [2.75, 3.05) is 40.1 Å². The maximum absolute atomic E-state index is 11.1. The molecule has 0 spiro atoms. The van der Waals surface area contributed by atoms with Crippen LogP contribution < -0.4 is 0 Å². The summed E-state index contributed by atoms with van der Waals surface area (Å²) in [5.41, 5.74) is 0. The van der Waals surface area contributed by atoms with E-state index in [0.29, 0.717) is 45.4 Å². The molecule has 0 aliphatic heterocycles. The lowest BCUT2D eigenvalue weighted by Gasteiger charge is -2.07. The molecule has 0 unspecified atom stereocenters. The molecule has 0 radical (unpaired) electrons. The van der Waals surface area contributed by atoms with Crippen LogP contribution >= 0.6 is 10.7 Å². The number of hydrogen-bond donors (Lipinski definition) is 0. The second-order valence-electron chi connectivity index (χ2n) is 3.98. The Morgan fingerprint density at radius 1 is 1.20 bits per heavy atom. The average Bonchev–Trinajstić information content (AvgIpc) is 2.74. The zero-order chi connectivity index (χ0) is 15.0. The van der Waals surface area contributed by atoms with E-state index in [9.17, 15) is 8.42 Å². The van der Waals surface area contributed by atoms with Crippen LogP contribution in [0.1, 0.15) is 5.82 Å². The summed E-state index contributed by atoms with van der Waals surface area (Å²) >= 11 is 0. The van der Waals surface area contributed by atoms with Crippen LogP contribution in [0.25, 0.3) is 0 Å². The first-order valence-corrected chi connectivity index (χ1v) is 8.39. The summed E-state index contributed by atoms with van der Waals surface area (Å²) in [6, 6.07) is 0. The summed E-state index contributed by atoms with van der Waals surface area (Å²) in [5, 5.41) is -0.139. The topological polar surface area (TPSA) is 79.7 Å². The summed E-state index contributed by atoms with van der Waals surface area (Å²) in [6.07, 6.45) is 1.40. The molecule has 7 nitrogen and oxygen atoms in total. The minimum Gasteiger partial charge on any atom is -0.382 e. The number of halogens is 1. The molecule has 0 aliphatic rings. The summed E-state index contributed by atoms with van der Waals surface area (Å²) in [5.74, 6) is 0.573. The van der Waals surface area contributed by atoms with Gasteiger partial charge < -0.3 is 18.8 Å². The minimum atomic E-state index is -3.78. The fraction of sp³-hybridized carbons (Fsp3) is 0.727. The highest BCUT2D eigenvalue weighted by Crippen LogP contribution is 2.13. The van der Waals surface area contributed by atoms with E-state index in [4.69, 9.17) is 24.9 Å². The van der Waals surface area contributed by atoms with Crippen molar-refractivity contribution in [2.24, 2.45) is 0 Å². The van der Waals surface area contributed by atoms with Gasteiger partial charge in [0.25, 0.3) is 9.05 Å². The van der Waals surface area contributed by atoms with Crippen LogP contribution in [-0.4, -0.2) is 58.1 Å².